The van der Waals surface area contributed by atoms with E-state index in [9.17, 15) is 4.79 Å². The second-order valence-electron chi connectivity index (χ2n) is 9.48. The summed E-state index contributed by atoms with van der Waals surface area (Å²) in [7, 11) is 1.98. The predicted octanol–water partition coefficient (Wildman–Crippen LogP) is 5.36. The lowest BCUT2D eigenvalue weighted by molar-refractivity contribution is 0.167. The second-order valence-corrected chi connectivity index (χ2v) is 10.3. The van der Waals surface area contributed by atoms with Gasteiger partial charge in [-0.1, -0.05) is 36.8 Å². The van der Waals surface area contributed by atoms with E-state index in [0.717, 1.165) is 49.0 Å². The molecule has 4 aromatic rings. The summed E-state index contributed by atoms with van der Waals surface area (Å²) in [5.74, 6) is 0.789. The van der Waals surface area contributed by atoms with Crippen LogP contribution in [0.2, 0.25) is 0 Å². The molecule has 3 heterocycles. The summed E-state index contributed by atoms with van der Waals surface area (Å²) in [5, 5.41) is 0. The van der Waals surface area contributed by atoms with Crippen molar-refractivity contribution in [3.63, 3.8) is 0 Å². The van der Waals surface area contributed by atoms with Gasteiger partial charge in [-0.3, -0.25) is 14.4 Å². The molecule has 0 atom stereocenters. The van der Waals surface area contributed by atoms with E-state index in [0.29, 0.717) is 4.47 Å². The van der Waals surface area contributed by atoms with Gasteiger partial charge in [0.2, 0.25) is 0 Å². The van der Waals surface area contributed by atoms with Crippen molar-refractivity contribution in [3.8, 4) is 11.4 Å². The van der Waals surface area contributed by atoms with E-state index in [1.165, 1.54) is 31.2 Å². The Morgan fingerprint density at radius 3 is 2.43 bits per heavy atom. The Balaban J connectivity index is 1.11. The van der Waals surface area contributed by atoms with Gasteiger partial charge in [-0.2, -0.15) is 0 Å². The summed E-state index contributed by atoms with van der Waals surface area (Å²) in [4.78, 5) is 19.5. The highest BCUT2D eigenvalue weighted by atomic mass is 79.9. The van der Waals surface area contributed by atoms with Crippen molar-refractivity contribution in [1.82, 2.24) is 23.8 Å². The Morgan fingerprint density at radius 2 is 1.74 bits per heavy atom. The molecule has 182 valence electrons. The third-order valence-corrected chi connectivity index (χ3v) is 8.02. The molecule has 1 fully saturated rings. The first-order chi connectivity index (χ1) is 17.1. The Kier molecular flexibility index (Phi) is 7.35. The molecule has 0 bridgehead atoms. The number of benzene rings is 2. The van der Waals surface area contributed by atoms with Crippen LogP contribution in [0.25, 0.3) is 11.4 Å². The molecule has 0 amide bonds. The van der Waals surface area contributed by atoms with Crippen LogP contribution in [-0.2, 0) is 20.0 Å². The van der Waals surface area contributed by atoms with Crippen molar-refractivity contribution in [3.05, 3.63) is 99.4 Å². The van der Waals surface area contributed by atoms with Crippen molar-refractivity contribution in [1.29, 1.82) is 0 Å². The van der Waals surface area contributed by atoms with Crippen LogP contribution in [0, 0.1) is 5.92 Å². The van der Waals surface area contributed by atoms with Crippen LogP contribution in [0.4, 0.5) is 0 Å². The zero-order valence-corrected chi connectivity index (χ0v) is 21.8. The SMILES string of the molecule is Cn1c(CN2CCC(CCCc3ccc(-n4ccnc4)cc3)CC2)c(Br)c(=O)n1-c1ccccc1. The first kappa shape index (κ1) is 23.8. The maximum absolute atomic E-state index is 12.9. The van der Waals surface area contributed by atoms with Crippen LogP contribution in [0.15, 0.2) is 82.6 Å². The van der Waals surface area contributed by atoms with E-state index in [4.69, 9.17) is 0 Å². The topological polar surface area (TPSA) is 48.0 Å². The molecule has 6 nitrogen and oxygen atoms in total. The number of hydrogen-bond acceptors (Lipinski definition) is 3. The molecule has 0 unspecified atom stereocenters. The standard InChI is InChI=1S/C28H32BrN5O/c1-31-26(27(29)28(35)34(31)25-8-3-2-4-9-25)20-32-17-14-23(15-18-32)7-5-6-22-10-12-24(13-11-22)33-19-16-30-21-33/h2-4,8-13,16,19,21,23H,5-7,14-15,17-18,20H2,1H3. The molecule has 0 spiro atoms. The van der Waals surface area contributed by atoms with Gasteiger partial charge in [-0.05, 0) is 90.4 Å². The normalized spacial score (nSPS) is 15.0. The molecule has 0 saturated carbocycles. The number of aromatic nitrogens is 4. The highest BCUT2D eigenvalue weighted by Gasteiger charge is 2.23. The van der Waals surface area contributed by atoms with Gasteiger partial charge >= 0.3 is 0 Å². The maximum Gasteiger partial charge on any atom is 0.286 e. The number of hydrogen-bond donors (Lipinski definition) is 0. The molecule has 7 heteroatoms. The molecule has 0 radical (unpaired) electrons. The third kappa shape index (κ3) is 5.36. The first-order valence-corrected chi connectivity index (χ1v) is 13.2. The fraction of sp³-hybridized carbons (Fsp3) is 0.357. The van der Waals surface area contributed by atoms with E-state index in [1.807, 2.05) is 59.2 Å². The van der Waals surface area contributed by atoms with Crippen LogP contribution < -0.4 is 5.56 Å². The molecule has 1 aliphatic heterocycles. The molecule has 2 aromatic heterocycles. The van der Waals surface area contributed by atoms with Crippen LogP contribution in [0.1, 0.15) is 36.9 Å². The minimum Gasteiger partial charge on any atom is -0.306 e. The lowest BCUT2D eigenvalue weighted by atomic mass is 9.90. The highest BCUT2D eigenvalue weighted by Crippen LogP contribution is 2.26. The number of aryl methyl sites for hydroxylation is 1. The van der Waals surface area contributed by atoms with Crippen molar-refractivity contribution >= 4 is 15.9 Å². The van der Waals surface area contributed by atoms with E-state index >= 15 is 0 Å². The quantitative estimate of drug-likeness (QED) is 0.306. The van der Waals surface area contributed by atoms with Gasteiger partial charge in [0, 0.05) is 31.7 Å². The van der Waals surface area contributed by atoms with Gasteiger partial charge in [-0.25, -0.2) is 9.67 Å². The molecule has 0 aliphatic carbocycles. The number of piperidine rings is 1. The zero-order chi connectivity index (χ0) is 24.2. The van der Waals surface area contributed by atoms with Gasteiger partial charge in [0.25, 0.3) is 5.56 Å². The first-order valence-electron chi connectivity index (χ1n) is 12.4. The summed E-state index contributed by atoms with van der Waals surface area (Å²) in [6.45, 7) is 2.96. The van der Waals surface area contributed by atoms with Crippen molar-refractivity contribution < 1.29 is 0 Å². The number of para-hydroxylation sites is 1. The summed E-state index contributed by atoms with van der Waals surface area (Å²) >= 11 is 3.57. The van der Waals surface area contributed by atoms with Gasteiger partial charge in [0.1, 0.15) is 4.47 Å². The van der Waals surface area contributed by atoms with E-state index < -0.39 is 0 Å². The van der Waals surface area contributed by atoms with E-state index in [1.54, 1.807) is 10.9 Å². The Labute approximate surface area is 214 Å². The van der Waals surface area contributed by atoms with Crippen LogP contribution in [0.5, 0.6) is 0 Å². The molecular formula is C28H32BrN5O. The summed E-state index contributed by atoms with van der Waals surface area (Å²) in [5.41, 5.74) is 4.49. The number of nitrogens with zero attached hydrogens (tertiary/aromatic N) is 5. The minimum absolute atomic E-state index is 0.00152. The molecule has 35 heavy (non-hydrogen) atoms. The number of halogens is 1. The summed E-state index contributed by atoms with van der Waals surface area (Å²) in [6, 6.07) is 18.7. The Bertz CT molecular complexity index is 1280. The zero-order valence-electron chi connectivity index (χ0n) is 20.2. The van der Waals surface area contributed by atoms with Gasteiger partial charge < -0.3 is 4.57 Å². The lowest BCUT2D eigenvalue weighted by Crippen LogP contribution is -2.34. The molecule has 1 saturated heterocycles. The largest absolute Gasteiger partial charge is 0.306 e. The van der Waals surface area contributed by atoms with Crippen molar-refractivity contribution in [2.75, 3.05) is 13.1 Å². The third-order valence-electron chi connectivity index (χ3n) is 7.22. The van der Waals surface area contributed by atoms with Crippen LogP contribution >= 0.6 is 15.9 Å². The highest BCUT2D eigenvalue weighted by molar-refractivity contribution is 9.10. The number of likely N-dealkylation sites (tertiary alicyclic amines) is 1. The Morgan fingerprint density at radius 1 is 1.00 bits per heavy atom. The summed E-state index contributed by atoms with van der Waals surface area (Å²) < 4.78 is 6.44. The van der Waals surface area contributed by atoms with Gasteiger partial charge in [0.05, 0.1) is 17.7 Å². The predicted molar refractivity (Wildman–Crippen MR) is 143 cm³/mol. The maximum atomic E-state index is 12.9. The molecule has 1 aliphatic rings. The monoisotopic (exact) mass is 533 g/mol. The van der Waals surface area contributed by atoms with Gasteiger partial charge in [-0.15, -0.1) is 0 Å². The Hall–Kier alpha value is -2.90. The number of rotatable bonds is 8. The average Bonchev–Trinajstić information content (AvgIpc) is 3.50. The smallest absolute Gasteiger partial charge is 0.286 e. The molecular weight excluding hydrogens is 502 g/mol. The van der Waals surface area contributed by atoms with Crippen molar-refractivity contribution in [2.24, 2.45) is 13.0 Å². The molecule has 5 rings (SSSR count). The number of imidazole rings is 1. The van der Waals surface area contributed by atoms with Crippen LogP contribution in [0.3, 0.4) is 0 Å². The van der Waals surface area contributed by atoms with E-state index in [2.05, 4.69) is 50.1 Å². The molecule has 0 N–H and O–H groups in total. The summed E-state index contributed by atoms with van der Waals surface area (Å²) in [6.07, 6.45) is 11.7. The van der Waals surface area contributed by atoms with Gasteiger partial charge in [0.15, 0.2) is 0 Å². The van der Waals surface area contributed by atoms with E-state index in [-0.39, 0.29) is 5.56 Å². The lowest BCUT2D eigenvalue weighted by Gasteiger charge is -2.32. The average molecular weight is 535 g/mol. The minimum atomic E-state index is 0.00152. The fourth-order valence-electron chi connectivity index (χ4n) is 5.13. The van der Waals surface area contributed by atoms with Crippen molar-refractivity contribution in [2.45, 2.75) is 38.6 Å². The van der Waals surface area contributed by atoms with Crippen LogP contribution in [-0.4, -0.2) is 36.9 Å². The second kappa shape index (κ2) is 10.8. The fourth-order valence-corrected chi connectivity index (χ4v) is 5.68. The molecule has 2 aromatic carbocycles.